The number of carbonyl (C=O) groups is 1. The van der Waals surface area contributed by atoms with E-state index in [-0.39, 0.29) is 19.0 Å². The van der Waals surface area contributed by atoms with Crippen LogP contribution in [0.15, 0.2) is 30.3 Å². The van der Waals surface area contributed by atoms with Crippen LogP contribution in [0.2, 0.25) is 0 Å². The first-order valence-electron chi connectivity index (χ1n) is 6.66. The number of esters is 1. The number of rotatable bonds is 3. The second kappa shape index (κ2) is 4.62. The summed E-state index contributed by atoms with van der Waals surface area (Å²) >= 11 is 0. The van der Waals surface area contributed by atoms with Gasteiger partial charge in [-0.2, -0.15) is 0 Å². The molecule has 0 amide bonds. The molecule has 0 N–H and O–H groups in total. The molecule has 2 bridgehead atoms. The Balaban J connectivity index is 1.73. The summed E-state index contributed by atoms with van der Waals surface area (Å²) in [5, 5.41) is 0. The van der Waals surface area contributed by atoms with Crippen LogP contribution in [-0.2, 0) is 25.7 Å². The van der Waals surface area contributed by atoms with Gasteiger partial charge in [0.2, 0.25) is 0 Å². The molecule has 3 rings (SSSR count). The summed E-state index contributed by atoms with van der Waals surface area (Å²) in [7, 11) is 0. The zero-order valence-electron chi connectivity index (χ0n) is 11.1. The van der Waals surface area contributed by atoms with Gasteiger partial charge in [0.15, 0.2) is 0 Å². The normalized spacial score (nSPS) is 33.8. The first kappa shape index (κ1) is 12.6. The van der Waals surface area contributed by atoms with E-state index >= 15 is 0 Å². The van der Waals surface area contributed by atoms with E-state index in [1.54, 1.807) is 0 Å². The minimum Gasteiger partial charge on any atom is -0.462 e. The van der Waals surface area contributed by atoms with Crippen molar-refractivity contribution in [3.05, 3.63) is 35.9 Å². The van der Waals surface area contributed by atoms with E-state index in [0.29, 0.717) is 6.42 Å². The monoisotopic (exact) mass is 262 g/mol. The van der Waals surface area contributed by atoms with E-state index in [1.807, 2.05) is 25.1 Å². The minimum absolute atomic E-state index is 0.194. The molecule has 4 heteroatoms. The van der Waals surface area contributed by atoms with Crippen molar-refractivity contribution < 1.29 is 19.3 Å². The maximum absolute atomic E-state index is 11.7. The fourth-order valence-electron chi connectivity index (χ4n) is 2.88. The van der Waals surface area contributed by atoms with Gasteiger partial charge in [-0.3, -0.25) is 4.79 Å². The van der Waals surface area contributed by atoms with Crippen LogP contribution in [0.1, 0.15) is 31.7 Å². The number of hydrogen-bond donors (Lipinski definition) is 0. The fourth-order valence-corrected chi connectivity index (χ4v) is 2.88. The number of carbonyl (C=O) groups excluding carboxylic acids is 1. The zero-order valence-corrected chi connectivity index (χ0v) is 11.1. The number of ether oxygens (including phenoxy) is 1. The van der Waals surface area contributed by atoms with E-state index < -0.39 is 11.2 Å². The second-order valence-corrected chi connectivity index (χ2v) is 5.80. The van der Waals surface area contributed by atoms with Crippen LogP contribution in [0, 0.1) is 0 Å². The summed E-state index contributed by atoms with van der Waals surface area (Å²) < 4.78 is 5.17. The quantitative estimate of drug-likeness (QED) is 0.620. The Labute approximate surface area is 112 Å². The molecule has 2 heterocycles. The molecule has 0 unspecified atom stereocenters. The Morgan fingerprint density at radius 1 is 1.21 bits per heavy atom. The molecule has 0 aromatic heterocycles. The minimum atomic E-state index is -0.530. The summed E-state index contributed by atoms with van der Waals surface area (Å²) in [6, 6.07) is 10.2. The number of benzene rings is 1. The lowest BCUT2D eigenvalue weighted by molar-refractivity contribution is -0.357. The number of cyclic esters (lactones) is 1. The molecule has 2 fully saturated rings. The number of hydrogen-bond acceptors (Lipinski definition) is 4. The van der Waals surface area contributed by atoms with Crippen molar-refractivity contribution in [3.63, 3.8) is 0 Å². The van der Waals surface area contributed by atoms with Crippen LogP contribution in [0.3, 0.4) is 0 Å². The summed E-state index contributed by atoms with van der Waals surface area (Å²) in [6.45, 7) is 2.20. The van der Waals surface area contributed by atoms with Crippen molar-refractivity contribution >= 4 is 5.97 Å². The Bertz CT molecular complexity index is 472. The van der Waals surface area contributed by atoms with Crippen molar-refractivity contribution in [1.82, 2.24) is 0 Å². The standard InChI is InChI=1S/C15H18O4/c1-14-10-15(19-18-14,9-13(16)17-11-14)8-7-12-5-3-2-4-6-12/h2-6H,7-11H2,1H3/t14-,15-/m0/s1. The van der Waals surface area contributed by atoms with Crippen molar-refractivity contribution in [1.29, 1.82) is 0 Å². The van der Waals surface area contributed by atoms with Crippen LogP contribution in [0.25, 0.3) is 0 Å². The Morgan fingerprint density at radius 3 is 2.79 bits per heavy atom. The third-order valence-corrected chi connectivity index (χ3v) is 3.83. The van der Waals surface area contributed by atoms with Gasteiger partial charge in [0, 0.05) is 6.42 Å². The highest BCUT2D eigenvalue weighted by Gasteiger charge is 2.53. The predicted octanol–water partition coefficient (Wildman–Crippen LogP) is 2.42. The molecule has 2 aliphatic rings. The van der Waals surface area contributed by atoms with Gasteiger partial charge in [-0.1, -0.05) is 30.3 Å². The molecule has 2 atom stereocenters. The van der Waals surface area contributed by atoms with Crippen LogP contribution < -0.4 is 0 Å². The largest absolute Gasteiger partial charge is 0.462 e. The molecular formula is C15H18O4. The smallest absolute Gasteiger partial charge is 0.308 e. The third kappa shape index (κ3) is 2.65. The molecule has 0 spiro atoms. The summed E-state index contributed by atoms with van der Waals surface area (Å²) in [5.41, 5.74) is 0.216. The SMILES string of the molecule is C[C@@]12COC(=O)C[C@@](CCc3ccccc3)(C1)OO2. The molecule has 0 saturated carbocycles. The zero-order chi connectivity index (χ0) is 13.3. The van der Waals surface area contributed by atoms with Gasteiger partial charge in [-0.15, -0.1) is 0 Å². The molecule has 0 radical (unpaired) electrons. The van der Waals surface area contributed by atoms with E-state index in [2.05, 4.69) is 12.1 Å². The van der Waals surface area contributed by atoms with Crippen molar-refractivity contribution in [3.8, 4) is 0 Å². The molecule has 0 aliphatic carbocycles. The first-order chi connectivity index (χ1) is 9.09. The maximum Gasteiger partial charge on any atom is 0.308 e. The second-order valence-electron chi connectivity index (χ2n) is 5.80. The summed E-state index contributed by atoms with van der Waals surface area (Å²) in [6.07, 6.45) is 2.61. The topological polar surface area (TPSA) is 44.8 Å². The van der Waals surface area contributed by atoms with Crippen LogP contribution >= 0.6 is 0 Å². The number of aryl methyl sites for hydroxylation is 1. The highest BCUT2D eigenvalue weighted by Crippen LogP contribution is 2.43. The maximum atomic E-state index is 11.7. The molecule has 4 nitrogen and oxygen atoms in total. The van der Waals surface area contributed by atoms with Crippen LogP contribution in [0.4, 0.5) is 0 Å². The van der Waals surface area contributed by atoms with Crippen molar-refractivity contribution in [2.24, 2.45) is 0 Å². The third-order valence-electron chi connectivity index (χ3n) is 3.83. The van der Waals surface area contributed by atoms with Crippen LogP contribution in [-0.4, -0.2) is 23.8 Å². The van der Waals surface area contributed by atoms with E-state index in [4.69, 9.17) is 14.5 Å². The van der Waals surface area contributed by atoms with Crippen molar-refractivity contribution in [2.45, 2.75) is 43.8 Å². The lowest BCUT2D eigenvalue weighted by atomic mass is 9.84. The van der Waals surface area contributed by atoms with E-state index in [9.17, 15) is 4.79 Å². The molecular weight excluding hydrogens is 244 g/mol. The van der Waals surface area contributed by atoms with Gasteiger partial charge in [0.05, 0.1) is 6.42 Å². The van der Waals surface area contributed by atoms with Gasteiger partial charge in [-0.05, 0) is 25.3 Å². The highest BCUT2D eigenvalue weighted by molar-refractivity contribution is 5.71. The molecule has 2 saturated heterocycles. The van der Waals surface area contributed by atoms with Gasteiger partial charge in [-0.25, -0.2) is 9.78 Å². The summed E-state index contributed by atoms with van der Waals surface area (Å²) in [4.78, 5) is 22.6. The average Bonchev–Trinajstić information content (AvgIpc) is 2.67. The van der Waals surface area contributed by atoms with Gasteiger partial charge >= 0.3 is 5.97 Å². The lowest BCUT2D eigenvalue weighted by Crippen LogP contribution is -2.32. The van der Waals surface area contributed by atoms with E-state index in [0.717, 1.165) is 12.8 Å². The van der Waals surface area contributed by atoms with Crippen molar-refractivity contribution in [2.75, 3.05) is 6.61 Å². The average molecular weight is 262 g/mol. The molecule has 19 heavy (non-hydrogen) atoms. The predicted molar refractivity (Wildman–Crippen MR) is 68.3 cm³/mol. The molecule has 1 aromatic carbocycles. The van der Waals surface area contributed by atoms with Gasteiger partial charge in [0.1, 0.15) is 17.8 Å². The first-order valence-corrected chi connectivity index (χ1v) is 6.66. The number of fused-ring (bicyclic) bond motifs is 2. The van der Waals surface area contributed by atoms with Gasteiger partial charge in [0.25, 0.3) is 0 Å². The van der Waals surface area contributed by atoms with Gasteiger partial charge < -0.3 is 4.74 Å². The molecule has 1 aromatic rings. The fraction of sp³-hybridized carbons (Fsp3) is 0.533. The van der Waals surface area contributed by atoms with E-state index in [1.165, 1.54) is 5.56 Å². The van der Waals surface area contributed by atoms with Crippen LogP contribution in [0.5, 0.6) is 0 Å². The summed E-state index contributed by atoms with van der Waals surface area (Å²) in [5.74, 6) is -0.194. The Hall–Kier alpha value is -1.39. The Morgan fingerprint density at radius 2 is 2.00 bits per heavy atom. The highest BCUT2D eigenvalue weighted by atomic mass is 17.2. The lowest BCUT2D eigenvalue weighted by Gasteiger charge is -2.23. The molecule has 102 valence electrons. The molecule has 2 aliphatic heterocycles. The Kier molecular flexibility index (Phi) is 3.07.